The second kappa shape index (κ2) is 9.28. The van der Waals surface area contributed by atoms with Crippen LogP contribution in [-0.4, -0.2) is 54.2 Å². The summed E-state index contributed by atoms with van der Waals surface area (Å²) in [4.78, 5) is 21.4. The zero-order valence-electron chi connectivity index (χ0n) is 20.8. The van der Waals surface area contributed by atoms with E-state index >= 15 is 0 Å². The van der Waals surface area contributed by atoms with E-state index < -0.39 is 0 Å². The third kappa shape index (κ3) is 3.91. The topological polar surface area (TPSA) is 63.5 Å². The predicted molar refractivity (Wildman–Crippen MR) is 138 cm³/mol. The fraction of sp³-hybridized carbons (Fsp3) is 0.519. The number of aryl methyl sites for hydroxylation is 2. The van der Waals surface area contributed by atoms with Gasteiger partial charge in [-0.05, 0) is 55.2 Å². The Morgan fingerprint density at radius 1 is 1.15 bits per heavy atom. The van der Waals surface area contributed by atoms with Crippen LogP contribution in [0.5, 0.6) is 0 Å². The first kappa shape index (κ1) is 22.7. The maximum atomic E-state index is 11.8. The molecule has 5 rings (SSSR count). The lowest BCUT2D eigenvalue weighted by Gasteiger charge is -2.41. The summed E-state index contributed by atoms with van der Waals surface area (Å²) in [5.74, 6) is 1.39. The van der Waals surface area contributed by atoms with Gasteiger partial charge in [0.05, 0.1) is 23.1 Å². The molecule has 1 aliphatic carbocycles. The molecule has 1 saturated heterocycles. The first-order valence-electron chi connectivity index (χ1n) is 12.7. The molecule has 0 saturated carbocycles. The number of hydrogen-bond acceptors (Lipinski definition) is 4. The standard InChI is InChI=1S/C27H36N6O/c1-5-19-8-7-9-20(6-2)24(19)33-26-21(10-11-22-17-29-31(4)25(22)26)16-28-27(33)30-23-12-14-32(15-13-23)18(3)34/h7-9,16-17,22-23H,5-6,10-15H2,1-4H3,(H,28,30). The van der Waals surface area contributed by atoms with Crippen molar-refractivity contribution >= 4 is 23.8 Å². The third-order valence-corrected chi connectivity index (χ3v) is 7.61. The van der Waals surface area contributed by atoms with Crippen molar-refractivity contribution in [1.82, 2.24) is 15.2 Å². The van der Waals surface area contributed by atoms with Crippen LogP contribution < -0.4 is 10.2 Å². The van der Waals surface area contributed by atoms with Crippen LogP contribution >= 0.6 is 0 Å². The Labute approximate surface area is 202 Å². The molecule has 34 heavy (non-hydrogen) atoms. The van der Waals surface area contributed by atoms with E-state index in [0.717, 1.165) is 57.6 Å². The fourth-order valence-electron chi connectivity index (χ4n) is 5.71. The summed E-state index contributed by atoms with van der Waals surface area (Å²) in [6, 6.07) is 6.86. The van der Waals surface area contributed by atoms with Crippen LogP contribution in [0, 0.1) is 5.92 Å². The van der Waals surface area contributed by atoms with Crippen molar-refractivity contribution in [3.05, 3.63) is 52.5 Å². The van der Waals surface area contributed by atoms with Gasteiger partial charge in [0.2, 0.25) is 11.9 Å². The molecule has 1 unspecified atom stereocenters. The van der Waals surface area contributed by atoms with Crippen LogP contribution in [-0.2, 0) is 17.6 Å². The quantitative estimate of drug-likeness (QED) is 0.737. The number of aliphatic imine (C=N–C) groups is 1. The summed E-state index contributed by atoms with van der Waals surface area (Å²) in [7, 11) is 2.06. The average molecular weight is 461 g/mol. The number of carbonyl (C=O) groups is 1. The molecule has 0 bridgehead atoms. The number of hydrogen-bond donors (Lipinski definition) is 1. The number of fused-ring (bicyclic) bond motifs is 2. The first-order chi connectivity index (χ1) is 16.5. The molecular formula is C27H36N6O. The molecule has 4 aliphatic rings. The molecule has 0 radical (unpaired) electrons. The van der Waals surface area contributed by atoms with Gasteiger partial charge in [-0.2, -0.15) is 5.10 Å². The molecule has 7 nitrogen and oxygen atoms in total. The van der Waals surface area contributed by atoms with Gasteiger partial charge in [-0.1, -0.05) is 32.0 Å². The van der Waals surface area contributed by atoms with Gasteiger partial charge in [0.25, 0.3) is 0 Å². The number of hydrazone groups is 1. The van der Waals surface area contributed by atoms with Crippen molar-refractivity contribution < 1.29 is 4.79 Å². The summed E-state index contributed by atoms with van der Waals surface area (Å²) in [5, 5.41) is 10.3. The number of piperidine rings is 1. The van der Waals surface area contributed by atoms with Crippen LogP contribution in [0.25, 0.3) is 0 Å². The van der Waals surface area contributed by atoms with E-state index in [1.54, 1.807) is 6.92 Å². The number of rotatable bonds is 4. The molecule has 3 aliphatic heterocycles. The second-order valence-corrected chi connectivity index (χ2v) is 9.64. The molecule has 1 aromatic rings. The summed E-state index contributed by atoms with van der Waals surface area (Å²) >= 11 is 0. The summed E-state index contributed by atoms with van der Waals surface area (Å²) in [5.41, 5.74) is 7.75. The number of nitrogens with one attached hydrogen (secondary N) is 1. The van der Waals surface area contributed by atoms with Crippen LogP contribution in [0.15, 0.2) is 51.5 Å². The largest absolute Gasteiger partial charge is 0.343 e. The number of allylic oxidation sites excluding steroid dienone is 2. The van der Waals surface area contributed by atoms with Crippen molar-refractivity contribution in [2.24, 2.45) is 16.0 Å². The number of carbonyl (C=O) groups excluding carboxylic acids is 1. The monoisotopic (exact) mass is 460 g/mol. The van der Waals surface area contributed by atoms with Gasteiger partial charge in [0.15, 0.2) is 0 Å². The molecule has 1 atom stereocenters. The highest BCUT2D eigenvalue weighted by Gasteiger charge is 2.39. The highest BCUT2D eigenvalue weighted by atomic mass is 16.2. The fourth-order valence-corrected chi connectivity index (χ4v) is 5.71. The number of anilines is 1. The smallest absolute Gasteiger partial charge is 0.219 e. The van der Waals surface area contributed by atoms with Gasteiger partial charge in [-0.25, -0.2) is 4.99 Å². The van der Waals surface area contributed by atoms with Crippen molar-refractivity contribution in [2.45, 2.75) is 65.3 Å². The number of amides is 1. The molecule has 1 amide bonds. The van der Waals surface area contributed by atoms with Crippen LogP contribution in [0.1, 0.15) is 57.6 Å². The molecule has 3 heterocycles. The highest BCUT2D eigenvalue weighted by molar-refractivity contribution is 6.04. The molecule has 0 aromatic heterocycles. The van der Waals surface area contributed by atoms with Crippen LogP contribution in [0.2, 0.25) is 0 Å². The maximum absolute atomic E-state index is 11.8. The lowest BCUT2D eigenvalue weighted by Crippen LogP contribution is -2.48. The van der Waals surface area contributed by atoms with Gasteiger partial charge < -0.3 is 10.2 Å². The Kier molecular flexibility index (Phi) is 6.19. The molecule has 1 aromatic carbocycles. The minimum Gasteiger partial charge on any atom is -0.343 e. The molecular weight excluding hydrogens is 424 g/mol. The van der Waals surface area contributed by atoms with Crippen molar-refractivity contribution in [1.29, 1.82) is 0 Å². The van der Waals surface area contributed by atoms with E-state index in [9.17, 15) is 4.79 Å². The van der Waals surface area contributed by atoms with Gasteiger partial charge in [0.1, 0.15) is 0 Å². The van der Waals surface area contributed by atoms with Gasteiger partial charge in [0, 0.05) is 45.4 Å². The normalized spacial score (nSPS) is 23.8. The van der Waals surface area contributed by atoms with E-state index in [4.69, 9.17) is 4.99 Å². The van der Waals surface area contributed by atoms with Gasteiger partial charge in [-0.3, -0.25) is 14.7 Å². The molecule has 180 valence electrons. The lowest BCUT2D eigenvalue weighted by molar-refractivity contribution is -0.129. The minimum absolute atomic E-state index is 0.157. The second-order valence-electron chi connectivity index (χ2n) is 9.64. The lowest BCUT2D eigenvalue weighted by atomic mass is 9.86. The van der Waals surface area contributed by atoms with Crippen molar-refractivity contribution in [3.63, 3.8) is 0 Å². The third-order valence-electron chi connectivity index (χ3n) is 7.61. The molecule has 1 N–H and O–H groups in total. The number of para-hydroxylation sites is 1. The van der Waals surface area contributed by atoms with E-state index in [1.165, 1.54) is 33.8 Å². The van der Waals surface area contributed by atoms with Crippen molar-refractivity contribution in [3.8, 4) is 0 Å². The van der Waals surface area contributed by atoms with Crippen LogP contribution in [0.4, 0.5) is 5.69 Å². The Bertz CT molecular complexity index is 1070. The zero-order chi connectivity index (χ0) is 23.8. The van der Waals surface area contributed by atoms with E-state index in [-0.39, 0.29) is 11.9 Å². The van der Waals surface area contributed by atoms with Gasteiger partial charge in [-0.15, -0.1) is 0 Å². The number of likely N-dealkylation sites (tertiary alicyclic amines) is 1. The minimum atomic E-state index is 0.157. The highest BCUT2D eigenvalue weighted by Crippen LogP contribution is 2.44. The molecule has 7 heteroatoms. The Morgan fingerprint density at radius 3 is 2.50 bits per heavy atom. The summed E-state index contributed by atoms with van der Waals surface area (Å²) in [6.07, 6.45) is 10.1. The Morgan fingerprint density at radius 2 is 1.85 bits per heavy atom. The van der Waals surface area contributed by atoms with E-state index in [0.29, 0.717) is 5.92 Å². The molecule has 1 fully saturated rings. The SMILES string of the molecule is CCc1cccc(CC)c1N1C(=NC2CCN(C(C)=O)CC2)NC=C2CCC3C=NN(C)C3=C21. The predicted octanol–water partition coefficient (Wildman–Crippen LogP) is 4.02. The van der Waals surface area contributed by atoms with E-state index in [2.05, 4.69) is 71.8 Å². The first-order valence-corrected chi connectivity index (χ1v) is 12.7. The Hall–Kier alpha value is -3.09. The van der Waals surface area contributed by atoms with E-state index in [1.807, 2.05) is 4.90 Å². The van der Waals surface area contributed by atoms with Gasteiger partial charge >= 0.3 is 0 Å². The average Bonchev–Trinajstić information content (AvgIpc) is 3.24. The Balaban J connectivity index is 1.64. The summed E-state index contributed by atoms with van der Waals surface area (Å²) < 4.78 is 0. The van der Waals surface area contributed by atoms with Crippen LogP contribution in [0.3, 0.4) is 0 Å². The number of benzene rings is 1. The number of guanidine groups is 1. The molecule has 0 spiro atoms. The number of nitrogens with zero attached hydrogens (tertiary/aromatic N) is 5. The summed E-state index contributed by atoms with van der Waals surface area (Å²) in [6.45, 7) is 7.66. The zero-order valence-corrected chi connectivity index (χ0v) is 20.8. The maximum Gasteiger partial charge on any atom is 0.219 e. The van der Waals surface area contributed by atoms with Crippen molar-refractivity contribution in [2.75, 3.05) is 25.0 Å².